The van der Waals surface area contributed by atoms with Crippen LogP contribution in [0.1, 0.15) is 16.7 Å². The summed E-state index contributed by atoms with van der Waals surface area (Å²) in [4.78, 5) is 4.51. The Hall–Kier alpha value is -3.78. The Bertz CT molecular complexity index is 1240. The van der Waals surface area contributed by atoms with E-state index >= 15 is 0 Å². The minimum absolute atomic E-state index is 0.340. The number of benzene rings is 3. The summed E-state index contributed by atoms with van der Waals surface area (Å²) in [5, 5.41) is 5.03. The molecule has 4 rings (SSSR count). The van der Waals surface area contributed by atoms with Gasteiger partial charge in [-0.25, -0.2) is 4.98 Å². The van der Waals surface area contributed by atoms with Crippen molar-refractivity contribution in [3.8, 4) is 23.0 Å². The molecule has 0 unspecified atom stereocenters. The summed E-state index contributed by atoms with van der Waals surface area (Å²) in [5.74, 6) is 2.43. The molecule has 0 radical (unpaired) electrons. The highest BCUT2D eigenvalue weighted by Gasteiger charge is 2.14. The maximum absolute atomic E-state index is 5.94. The van der Waals surface area contributed by atoms with Crippen molar-refractivity contribution in [3.63, 3.8) is 0 Å². The van der Waals surface area contributed by atoms with Gasteiger partial charge < -0.3 is 18.9 Å². The molecule has 0 amide bonds. The van der Waals surface area contributed by atoms with Crippen LogP contribution in [-0.4, -0.2) is 38.6 Å². The van der Waals surface area contributed by atoms with Crippen LogP contribution in [-0.2, 0) is 0 Å². The van der Waals surface area contributed by atoms with Gasteiger partial charge in [-0.1, -0.05) is 29.5 Å². The quantitative estimate of drug-likeness (QED) is 0.176. The Morgan fingerprint density at radius 3 is 2.35 bits per heavy atom. The topological polar surface area (TPSA) is 74.2 Å². The molecule has 0 saturated heterocycles. The van der Waals surface area contributed by atoms with Crippen LogP contribution < -0.4 is 24.4 Å². The fourth-order valence-electron chi connectivity index (χ4n) is 3.31. The van der Waals surface area contributed by atoms with Crippen LogP contribution in [0, 0.1) is 13.8 Å². The molecule has 1 N–H and O–H groups in total. The summed E-state index contributed by atoms with van der Waals surface area (Å²) in [5.41, 5.74) is 7.14. The third-order valence-corrected chi connectivity index (χ3v) is 6.17. The lowest BCUT2D eigenvalue weighted by Gasteiger charge is -2.15. The molecule has 0 aliphatic carbocycles. The highest BCUT2D eigenvalue weighted by molar-refractivity contribution is 7.22. The van der Waals surface area contributed by atoms with Gasteiger partial charge in [0.25, 0.3) is 0 Å². The van der Waals surface area contributed by atoms with Gasteiger partial charge in [0, 0.05) is 5.56 Å². The molecule has 34 heavy (non-hydrogen) atoms. The number of methoxy groups -OCH3 is 2. The minimum Gasteiger partial charge on any atom is -0.493 e. The largest absolute Gasteiger partial charge is 0.493 e. The van der Waals surface area contributed by atoms with Crippen molar-refractivity contribution in [2.45, 2.75) is 13.8 Å². The Labute approximate surface area is 203 Å². The van der Waals surface area contributed by atoms with E-state index in [1.165, 1.54) is 11.1 Å². The van der Waals surface area contributed by atoms with Crippen molar-refractivity contribution in [1.29, 1.82) is 0 Å². The number of hydrogen-bond acceptors (Lipinski definition) is 8. The predicted octanol–water partition coefficient (Wildman–Crippen LogP) is 5.83. The van der Waals surface area contributed by atoms with Crippen LogP contribution in [0.15, 0.2) is 59.7 Å². The SMILES string of the molecule is COc1cc(/C=N/Nc2nc3ccccc3s2)cc(OC)c1OCCOc1ccc(C)c(C)c1. The molecule has 3 aromatic carbocycles. The number of nitrogens with one attached hydrogen (secondary N) is 1. The summed E-state index contributed by atoms with van der Waals surface area (Å²) in [7, 11) is 3.18. The van der Waals surface area contributed by atoms with Crippen LogP contribution in [0.3, 0.4) is 0 Å². The molecule has 0 aliphatic rings. The maximum Gasteiger partial charge on any atom is 0.204 e. The smallest absolute Gasteiger partial charge is 0.204 e. The lowest BCUT2D eigenvalue weighted by atomic mass is 10.1. The molecular weight excluding hydrogens is 450 g/mol. The molecule has 0 aliphatic heterocycles. The number of aryl methyl sites for hydroxylation is 2. The van der Waals surface area contributed by atoms with E-state index in [4.69, 9.17) is 18.9 Å². The molecular formula is C26H27N3O4S. The highest BCUT2D eigenvalue weighted by Crippen LogP contribution is 2.38. The number of hydrazone groups is 1. The van der Waals surface area contributed by atoms with Crippen LogP contribution in [0.25, 0.3) is 10.2 Å². The zero-order valence-corrected chi connectivity index (χ0v) is 20.4. The second-order valence-electron chi connectivity index (χ2n) is 7.55. The monoisotopic (exact) mass is 477 g/mol. The molecule has 1 heterocycles. The van der Waals surface area contributed by atoms with E-state index < -0.39 is 0 Å². The predicted molar refractivity (Wildman–Crippen MR) is 137 cm³/mol. The lowest BCUT2D eigenvalue weighted by molar-refractivity contribution is 0.205. The number of fused-ring (bicyclic) bond motifs is 1. The summed E-state index contributed by atoms with van der Waals surface area (Å²) < 4.78 is 23.9. The Kier molecular flexibility index (Phi) is 7.49. The van der Waals surface area contributed by atoms with E-state index in [1.807, 2.05) is 54.6 Å². The third-order valence-electron chi connectivity index (χ3n) is 5.23. The first-order valence-corrected chi connectivity index (χ1v) is 11.6. The number of nitrogens with zero attached hydrogens (tertiary/aromatic N) is 2. The molecule has 0 bridgehead atoms. The number of anilines is 1. The summed E-state index contributed by atoms with van der Waals surface area (Å²) in [6.07, 6.45) is 1.68. The zero-order valence-electron chi connectivity index (χ0n) is 19.6. The van der Waals surface area contributed by atoms with E-state index in [0.717, 1.165) is 26.7 Å². The molecule has 8 heteroatoms. The second-order valence-corrected chi connectivity index (χ2v) is 8.58. The normalized spacial score (nSPS) is 11.1. The van der Waals surface area contributed by atoms with Crippen molar-refractivity contribution in [2.24, 2.45) is 5.10 Å². The van der Waals surface area contributed by atoms with Crippen LogP contribution in [0.4, 0.5) is 5.13 Å². The molecule has 0 spiro atoms. The standard InChI is InChI=1S/C26H27N3O4S/c1-17-9-10-20(13-18(17)2)32-11-12-33-25-22(30-3)14-19(15-23(25)31-4)16-27-29-26-28-21-7-5-6-8-24(21)34-26/h5-10,13-16H,11-12H2,1-4H3,(H,28,29)/b27-16+. The lowest BCUT2D eigenvalue weighted by Crippen LogP contribution is -2.10. The number of aromatic nitrogens is 1. The minimum atomic E-state index is 0.340. The number of rotatable bonds is 10. The molecule has 1 aromatic heterocycles. The van der Waals surface area contributed by atoms with Gasteiger partial charge in [-0.15, -0.1) is 0 Å². The van der Waals surface area contributed by atoms with Crippen LogP contribution in [0.5, 0.6) is 23.0 Å². The average Bonchev–Trinajstić information content (AvgIpc) is 3.27. The van der Waals surface area contributed by atoms with Gasteiger partial charge in [-0.3, -0.25) is 5.43 Å². The summed E-state index contributed by atoms with van der Waals surface area (Å²) >= 11 is 1.54. The number of ether oxygens (including phenoxy) is 4. The van der Waals surface area contributed by atoms with Crippen LogP contribution >= 0.6 is 11.3 Å². The Morgan fingerprint density at radius 2 is 1.65 bits per heavy atom. The van der Waals surface area contributed by atoms with E-state index in [1.54, 1.807) is 31.8 Å². The van der Waals surface area contributed by atoms with Crippen molar-refractivity contribution >= 4 is 32.9 Å². The number of hydrogen-bond donors (Lipinski definition) is 1. The summed E-state index contributed by atoms with van der Waals surface area (Å²) in [6, 6.07) is 17.7. The van der Waals surface area contributed by atoms with Gasteiger partial charge in [-0.2, -0.15) is 5.10 Å². The van der Waals surface area contributed by atoms with Gasteiger partial charge in [-0.05, 0) is 61.4 Å². The van der Waals surface area contributed by atoms with E-state index in [9.17, 15) is 0 Å². The molecule has 176 valence electrons. The first-order chi connectivity index (χ1) is 16.6. The van der Waals surface area contributed by atoms with Crippen molar-refractivity contribution in [2.75, 3.05) is 32.9 Å². The van der Waals surface area contributed by atoms with E-state index in [-0.39, 0.29) is 0 Å². The average molecular weight is 478 g/mol. The van der Waals surface area contributed by atoms with E-state index in [0.29, 0.717) is 30.5 Å². The number of para-hydroxylation sites is 1. The second kappa shape index (κ2) is 10.9. The van der Waals surface area contributed by atoms with Gasteiger partial charge in [0.05, 0.1) is 30.7 Å². The molecule has 4 aromatic rings. The molecule has 0 fully saturated rings. The van der Waals surface area contributed by atoms with E-state index in [2.05, 4.69) is 29.4 Å². The van der Waals surface area contributed by atoms with Crippen LogP contribution in [0.2, 0.25) is 0 Å². The maximum atomic E-state index is 5.94. The van der Waals surface area contributed by atoms with Crippen molar-refractivity contribution in [3.05, 3.63) is 71.3 Å². The summed E-state index contributed by atoms with van der Waals surface area (Å²) in [6.45, 7) is 4.87. The Morgan fingerprint density at radius 1 is 0.912 bits per heavy atom. The number of thiazole rings is 1. The van der Waals surface area contributed by atoms with Gasteiger partial charge >= 0.3 is 0 Å². The molecule has 7 nitrogen and oxygen atoms in total. The van der Waals surface area contributed by atoms with Gasteiger partial charge in [0.1, 0.15) is 19.0 Å². The van der Waals surface area contributed by atoms with Gasteiger partial charge in [0.15, 0.2) is 11.5 Å². The van der Waals surface area contributed by atoms with Crippen molar-refractivity contribution in [1.82, 2.24) is 4.98 Å². The first-order valence-electron chi connectivity index (χ1n) is 10.8. The highest BCUT2D eigenvalue weighted by atomic mass is 32.1. The molecule has 0 atom stereocenters. The molecule has 0 saturated carbocycles. The third kappa shape index (κ3) is 5.58. The van der Waals surface area contributed by atoms with Gasteiger partial charge in [0.2, 0.25) is 10.9 Å². The van der Waals surface area contributed by atoms with Crippen molar-refractivity contribution < 1.29 is 18.9 Å². The zero-order chi connectivity index (χ0) is 23.9. The first kappa shape index (κ1) is 23.4. The Balaban J connectivity index is 1.40. The fourth-order valence-corrected chi connectivity index (χ4v) is 4.12. The fraction of sp³-hybridized carbons (Fsp3) is 0.231.